The number of carbonyl (C=O) groups excluding carboxylic acids is 1. The van der Waals surface area contributed by atoms with E-state index < -0.39 is 16.0 Å². The number of hydrogen-bond acceptors (Lipinski definition) is 5. The molecule has 2 aromatic rings. The average molecular weight is 337 g/mol. The van der Waals surface area contributed by atoms with Gasteiger partial charge in [0.05, 0.1) is 24.1 Å². The van der Waals surface area contributed by atoms with E-state index in [-0.39, 0.29) is 4.90 Å². The highest BCUT2D eigenvalue weighted by molar-refractivity contribution is 7.92. The molecule has 0 radical (unpaired) electrons. The molecule has 0 saturated carbocycles. The van der Waals surface area contributed by atoms with Gasteiger partial charge in [-0.15, -0.1) is 0 Å². The Labute approximate surface area is 135 Å². The van der Waals surface area contributed by atoms with Gasteiger partial charge in [0.2, 0.25) is 0 Å². The molecule has 1 aromatic heterocycles. The first-order valence-corrected chi connectivity index (χ1v) is 8.62. The van der Waals surface area contributed by atoms with Crippen LogP contribution in [0.3, 0.4) is 0 Å². The summed E-state index contributed by atoms with van der Waals surface area (Å²) < 4.78 is 33.6. The van der Waals surface area contributed by atoms with E-state index in [4.69, 9.17) is 4.74 Å². The Morgan fingerprint density at radius 3 is 2.48 bits per heavy atom. The number of anilines is 1. The largest absolute Gasteiger partial charge is 0.462 e. The Hall–Kier alpha value is -2.35. The molecule has 0 unspecified atom stereocenters. The number of esters is 1. The van der Waals surface area contributed by atoms with Crippen molar-refractivity contribution >= 4 is 21.7 Å². The molecule has 0 amide bonds. The highest BCUT2D eigenvalue weighted by Gasteiger charge is 2.20. The maximum absolute atomic E-state index is 12.3. The lowest BCUT2D eigenvalue weighted by Gasteiger charge is -2.08. The molecule has 0 saturated heterocycles. The Kier molecular flexibility index (Phi) is 5.05. The molecule has 0 atom stereocenters. The predicted molar refractivity (Wildman–Crippen MR) is 85.8 cm³/mol. The summed E-state index contributed by atoms with van der Waals surface area (Å²) in [5.41, 5.74) is 1.27. The number of nitrogens with one attached hydrogen (secondary N) is 1. The predicted octanol–water partition coefficient (Wildman–Crippen LogP) is 2.10. The van der Waals surface area contributed by atoms with Crippen LogP contribution < -0.4 is 4.72 Å². The van der Waals surface area contributed by atoms with Crippen molar-refractivity contribution in [1.82, 2.24) is 9.78 Å². The quantitative estimate of drug-likeness (QED) is 0.815. The first kappa shape index (κ1) is 17.0. The molecule has 0 aliphatic carbocycles. The molecule has 8 heteroatoms. The summed E-state index contributed by atoms with van der Waals surface area (Å²) in [5, 5.41) is 3.93. The van der Waals surface area contributed by atoms with Gasteiger partial charge in [-0.1, -0.05) is 6.92 Å². The Morgan fingerprint density at radius 2 is 1.96 bits per heavy atom. The van der Waals surface area contributed by atoms with Gasteiger partial charge < -0.3 is 4.74 Å². The van der Waals surface area contributed by atoms with Crippen molar-refractivity contribution in [3.8, 4) is 0 Å². The fourth-order valence-electron chi connectivity index (χ4n) is 1.90. The Morgan fingerprint density at radius 1 is 1.30 bits per heavy atom. The minimum Gasteiger partial charge on any atom is -0.462 e. The van der Waals surface area contributed by atoms with Gasteiger partial charge in [-0.3, -0.25) is 9.40 Å². The van der Waals surface area contributed by atoms with Crippen LogP contribution in [0.4, 0.5) is 5.69 Å². The second-order valence-electron chi connectivity index (χ2n) is 5.04. The van der Waals surface area contributed by atoms with E-state index in [1.165, 1.54) is 35.1 Å². The zero-order valence-electron chi connectivity index (χ0n) is 13.2. The van der Waals surface area contributed by atoms with Crippen molar-refractivity contribution in [1.29, 1.82) is 0 Å². The third-order valence-electron chi connectivity index (χ3n) is 3.29. The zero-order chi connectivity index (χ0) is 17.0. The lowest BCUT2D eigenvalue weighted by atomic mass is 10.2. The van der Waals surface area contributed by atoms with Crippen LogP contribution in [-0.2, 0) is 21.8 Å². The highest BCUT2D eigenvalue weighted by Crippen LogP contribution is 2.19. The monoisotopic (exact) mass is 337 g/mol. The summed E-state index contributed by atoms with van der Waals surface area (Å²) in [4.78, 5) is 11.8. The summed E-state index contributed by atoms with van der Waals surface area (Å²) in [6, 6.07) is 6.08. The second-order valence-corrected chi connectivity index (χ2v) is 6.69. The van der Waals surface area contributed by atoms with Crippen LogP contribution in [0, 0.1) is 6.92 Å². The zero-order valence-corrected chi connectivity index (χ0v) is 14.1. The average Bonchev–Trinajstić information content (AvgIpc) is 2.85. The van der Waals surface area contributed by atoms with Crippen LogP contribution in [-0.4, -0.2) is 30.8 Å². The van der Waals surface area contributed by atoms with Crippen molar-refractivity contribution in [2.24, 2.45) is 7.05 Å². The first-order valence-electron chi connectivity index (χ1n) is 7.13. The molecule has 1 aromatic carbocycles. The Balaban J connectivity index is 2.14. The van der Waals surface area contributed by atoms with E-state index in [2.05, 4.69) is 9.82 Å². The van der Waals surface area contributed by atoms with Crippen LogP contribution in [0.1, 0.15) is 29.4 Å². The van der Waals surface area contributed by atoms with Crippen molar-refractivity contribution in [2.75, 3.05) is 11.3 Å². The van der Waals surface area contributed by atoms with Gasteiger partial charge in [-0.05, 0) is 37.6 Å². The molecular weight excluding hydrogens is 318 g/mol. The third-order valence-corrected chi connectivity index (χ3v) is 4.77. The minimum atomic E-state index is -3.72. The normalized spacial score (nSPS) is 11.3. The van der Waals surface area contributed by atoms with Gasteiger partial charge in [-0.2, -0.15) is 5.10 Å². The summed E-state index contributed by atoms with van der Waals surface area (Å²) in [6.45, 7) is 3.94. The molecular formula is C15H19N3O4S. The number of rotatable bonds is 6. The van der Waals surface area contributed by atoms with Crippen LogP contribution in [0.25, 0.3) is 0 Å². The van der Waals surface area contributed by atoms with Crippen LogP contribution >= 0.6 is 0 Å². The lowest BCUT2D eigenvalue weighted by molar-refractivity contribution is 0.0505. The lowest BCUT2D eigenvalue weighted by Crippen LogP contribution is -2.14. The fourth-order valence-corrected chi connectivity index (χ4v) is 3.17. The number of benzene rings is 1. The highest BCUT2D eigenvalue weighted by atomic mass is 32.2. The molecule has 0 fully saturated rings. The molecule has 0 aliphatic rings. The number of aryl methyl sites for hydroxylation is 1. The molecule has 0 bridgehead atoms. The number of aromatic nitrogens is 2. The van der Waals surface area contributed by atoms with E-state index in [0.29, 0.717) is 23.6 Å². The first-order chi connectivity index (χ1) is 10.8. The molecule has 124 valence electrons. The van der Waals surface area contributed by atoms with E-state index in [1.54, 1.807) is 14.0 Å². The number of sulfonamides is 1. The molecule has 1 N–H and O–H groups in total. The standard InChI is InChI=1S/C15H19N3O4S/c1-4-9-22-15(19)12-5-7-13(8-6-12)17-23(20,21)14-10-16-18(3)11(14)2/h5-8,10,17H,4,9H2,1-3H3. The summed E-state index contributed by atoms with van der Waals surface area (Å²) in [6.07, 6.45) is 2.04. The summed E-state index contributed by atoms with van der Waals surface area (Å²) in [5.74, 6) is -0.427. The fraction of sp³-hybridized carbons (Fsp3) is 0.333. The number of carbonyl (C=O) groups is 1. The van der Waals surface area contributed by atoms with Crippen molar-refractivity contribution in [2.45, 2.75) is 25.2 Å². The molecule has 0 spiro atoms. The van der Waals surface area contributed by atoms with Crippen LogP contribution in [0.5, 0.6) is 0 Å². The van der Waals surface area contributed by atoms with Gasteiger partial charge in [0, 0.05) is 12.7 Å². The van der Waals surface area contributed by atoms with E-state index in [1.807, 2.05) is 6.92 Å². The van der Waals surface area contributed by atoms with Crippen LogP contribution in [0.2, 0.25) is 0 Å². The third kappa shape index (κ3) is 3.89. The van der Waals surface area contributed by atoms with Gasteiger partial charge >= 0.3 is 5.97 Å². The van der Waals surface area contributed by atoms with Crippen LogP contribution in [0.15, 0.2) is 35.4 Å². The number of ether oxygens (including phenoxy) is 1. The van der Waals surface area contributed by atoms with E-state index in [9.17, 15) is 13.2 Å². The molecule has 2 rings (SSSR count). The van der Waals surface area contributed by atoms with Crippen molar-refractivity contribution in [3.63, 3.8) is 0 Å². The molecule has 7 nitrogen and oxygen atoms in total. The maximum Gasteiger partial charge on any atom is 0.338 e. The minimum absolute atomic E-state index is 0.117. The summed E-state index contributed by atoms with van der Waals surface area (Å²) >= 11 is 0. The van der Waals surface area contributed by atoms with Gasteiger partial charge in [0.25, 0.3) is 10.0 Å². The van der Waals surface area contributed by atoms with E-state index in [0.717, 1.165) is 6.42 Å². The number of hydrogen-bond donors (Lipinski definition) is 1. The molecule has 0 aliphatic heterocycles. The summed E-state index contributed by atoms with van der Waals surface area (Å²) in [7, 11) is -2.05. The van der Waals surface area contributed by atoms with Gasteiger partial charge in [0.1, 0.15) is 4.90 Å². The smallest absolute Gasteiger partial charge is 0.338 e. The van der Waals surface area contributed by atoms with E-state index >= 15 is 0 Å². The maximum atomic E-state index is 12.3. The second kappa shape index (κ2) is 6.82. The van der Waals surface area contributed by atoms with Crippen molar-refractivity contribution < 1.29 is 17.9 Å². The van der Waals surface area contributed by atoms with Crippen molar-refractivity contribution in [3.05, 3.63) is 41.7 Å². The van der Waals surface area contributed by atoms with Gasteiger partial charge in [-0.25, -0.2) is 13.2 Å². The SMILES string of the molecule is CCCOC(=O)c1ccc(NS(=O)(=O)c2cnn(C)c2C)cc1. The Bertz CT molecular complexity index is 795. The number of nitrogens with zero attached hydrogens (tertiary/aromatic N) is 2. The molecule has 23 heavy (non-hydrogen) atoms. The topological polar surface area (TPSA) is 90.3 Å². The molecule has 1 heterocycles. The van der Waals surface area contributed by atoms with Gasteiger partial charge in [0.15, 0.2) is 0 Å².